The van der Waals surface area contributed by atoms with E-state index in [2.05, 4.69) is 23.8 Å². The van der Waals surface area contributed by atoms with E-state index in [1.165, 1.54) is 0 Å². The molecule has 17 heavy (non-hydrogen) atoms. The minimum atomic E-state index is 0.122. The number of nitrogens with two attached hydrogens (primary N) is 1. The van der Waals surface area contributed by atoms with Crippen molar-refractivity contribution < 1.29 is 4.74 Å². The number of morpholine rings is 1. The van der Waals surface area contributed by atoms with Crippen molar-refractivity contribution in [1.29, 1.82) is 5.41 Å². The number of hydrogen-bond donors (Lipinski definition) is 2. The fourth-order valence-corrected chi connectivity index (χ4v) is 2.08. The summed E-state index contributed by atoms with van der Waals surface area (Å²) >= 11 is 0. The molecule has 0 bridgehead atoms. The van der Waals surface area contributed by atoms with Crippen molar-refractivity contribution in [3.8, 4) is 0 Å². The summed E-state index contributed by atoms with van der Waals surface area (Å²) in [6.07, 6.45) is 0.285. The number of hydrogen-bond acceptors (Lipinski definition) is 4. The van der Waals surface area contributed by atoms with Crippen molar-refractivity contribution in [2.75, 3.05) is 46.4 Å². The van der Waals surface area contributed by atoms with Crippen LogP contribution in [0, 0.1) is 11.3 Å². The molecule has 1 heterocycles. The fourth-order valence-electron chi connectivity index (χ4n) is 2.08. The molecule has 1 saturated heterocycles. The normalized spacial score (nSPS) is 23.9. The highest BCUT2D eigenvalue weighted by atomic mass is 16.5. The van der Waals surface area contributed by atoms with Gasteiger partial charge in [0.25, 0.3) is 0 Å². The zero-order valence-corrected chi connectivity index (χ0v) is 11.3. The summed E-state index contributed by atoms with van der Waals surface area (Å²) in [6, 6.07) is 0. The molecule has 1 aliphatic heterocycles. The van der Waals surface area contributed by atoms with Gasteiger partial charge in [-0.1, -0.05) is 13.8 Å². The summed E-state index contributed by atoms with van der Waals surface area (Å²) in [5, 5.41) is 7.43. The van der Waals surface area contributed by atoms with Gasteiger partial charge in [-0.2, -0.15) is 0 Å². The van der Waals surface area contributed by atoms with Crippen LogP contribution in [0.25, 0.3) is 0 Å². The lowest BCUT2D eigenvalue weighted by atomic mass is 10.1. The zero-order chi connectivity index (χ0) is 12.8. The molecule has 0 amide bonds. The van der Waals surface area contributed by atoms with Crippen LogP contribution in [0.3, 0.4) is 0 Å². The van der Waals surface area contributed by atoms with Crippen molar-refractivity contribution in [1.82, 2.24) is 9.80 Å². The van der Waals surface area contributed by atoms with Crippen LogP contribution in [0.2, 0.25) is 0 Å². The maximum Gasteiger partial charge on any atom is 0.0947 e. The summed E-state index contributed by atoms with van der Waals surface area (Å²) in [4.78, 5) is 4.62. The Bertz CT molecular complexity index is 247. The average molecular weight is 242 g/mol. The molecule has 0 radical (unpaired) electrons. The third-order valence-electron chi connectivity index (χ3n) is 3.31. The van der Waals surface area contributed by atoms with Gasteiger partial charge in [-0.25, -0.2) is 0 Å². The number of nitrogens with zero attached hydrogens (tertiary/aromatic N) is 2. The monoisotopic (exact) mass is 242 g/mol. The van der Waals surface area contributed by atoms with E-state index >= 15 is 0 Å². The largest absolute Gasteiger partial charge is 0.387 e. The summed E-state index contributed by atoms with van der Waals surface area (Å²) < 4.78 is 5.75. The second-order valence-electron chi connectivity index (χ2n) is 4.96. The highest BCUT2D eigenvalue weighted by Gasteiger charge is 2.21. The molecular formula is C12H26N4O. The maximum absolute atomic E-state index is 7.43. The van der Waals surface area contributed by atoms with Gasteiger partial charge in [-0.3, -0.25) is 5.41 Å². The zero-order valence-electron chi connectivity index (χ0n) is 11.3. The highest BCUT2D eigenvalue weighted by molar-refractivity contribution is 5.79. The minimum absolute atomic E-state index is 0.122. The molecule has 0 spiro atoms. The van der Waals surface area contributed by atoms with Crippen molar-refractivity contribution in [3.05, 3.63) is 0 Å². The van der Waals surface area contributed by atoms with Gasteiger partial charge < -0.3 is 20.3 Å². The van der Waals surface area contributed by atoms with Crippen molar-refractivity contribution >= 4 is 5.84 Å². The van der Waals surface area contributed by atoms with Crippen LogP contribution >= 0.6 is 0 Å². The molecule has 5 heteroatoms. The van der Waals surface area contributed by atoms with E-state index in [1.807, 2.05) is 6.92 Å². The first-order valence-electron chi connectivity index (χ1n) is 6.39. The smallest absolute Gasteiger partial charge is 0.0947 e. The third kappa shape index (κ3) is 5.02. The SMILES string of the molecule is CCN(CC1CN(C)CCO1)CC(C)C(=N)N. The van der Waals surface area contributed by atoms with Gasteiger partial charge >= 0.3 is 0 Å². The number of rotatable bonds is 6. The highest BCUT2D eigenvalue weighted by Crippen LogP contribution is 2.07. The van der Waals surface area contributed by atoms with Crippen LogP contribution in [-0.2, 0) is 4.74 Å². The van der Waals surface area contributed by atoms with E-state index in [-0.39, 0.29) is 17.9 Å². The molecule has 0 aromatic heterocycles. The Labute approximate surface area is 104 Å². The fraction of sp³-hybridized carbons (Fsp3) is 0.917. The van der Waals surface area contributed by atoms with E-state index < -0.39 is 0 Å². The van der Waals surface area contributed by atoms with Gasteiger partial charge in [-0.15, -0.1) is 0 Å². The standard InChI is InChI=1S/C12H26N4O/c1-4-16(7-10(2)12(13)14)9-11-8-15(3)5-6-17-11/h10-11H,4-9H2,1-3H3,(H3,13,14). The van der Waals surface area contributed by atoms with Crippen LogP contribution in [-0.4, -0.2) is 68.1 Å². The van der Waals surface area contributed by atoms with E-state index in [1.54, 1.807) is 0 Å². The Morgan fingerprint density at radius 2 is 2.35 bits per heavy atom. The first-order chi connectivity index (χ1) is 8.02. The minimum Gasteiger partial charge on any atom is -0.387 e. The lowest BCUT2D eigenvalue weighted by Crippen LogP contribution is -2.47. The summed E-state index contributed by atoms with van der Waals surface area (Å²) in [6.45, 7) is 9.71. The lowest BCUT2D eigenvalue weighted by molar-refractivity contribution is -0.0356. The van der Waals surface area contributed by atoms with Crippen LogP contribution in [0.4, 0.5) is 0 Å². The van der Waals surface area contributed by atoms with Gasteiger partial charge in [0.2, 0.25) is 0 Å². The Balaban J connectivity index is 2.37. The Kier molecular flexibility index (Phi) is 5.88. The molecule has 2 atom stereocenters. The molecule has 1 aliphatic rings. The van der Waals surface area contributed by atoms with E-state index in [0.717, 1.165) is 39.3 Å². The molecule has 2 unspecified atom stereocenters. The predicted molar refractivity (Wildman–Crippen MR) is 70.4 cm³/mol. The van der Waals surface area contributed by atoms with Crippen LogP contribution in [0.1, 0.15) is 13.8 Å². The van der Waals surface area contributed by atoms with Gasteiger partial charge in [0, 0.05) is 32.1 Å². The molecule has 5 nitrogen and oxygen atoms in total. The third-order valence-corrected chi connectivity index (χ3v) is 3.31. The van der Waals surface area contributed by atoms with Gasteiger partial charge in [-0.05, 0) is 13.6 Å². The molecule has 1 fully saturated rings. The van der Waals surface area contributed by atoms with Crippen molar-refractivity contribution in [2.24, 2.45) is 11.7 Å². The maximum atomic E-state index is 7.43. The molecule has 1 rings (SSSR count). The summed E-state index contributed by atoms with van der Waals surface area (Å²) in [5.41, 5.74) is 5.51. The molecule has 100 valence electrons. The molecule has 3 N–H and O–H groups in total. The Morgan fingerprint density at radius 3 is 2.88 bits per heavy atom. The molecule has 0 saturated carbocycles. The van der Waals surface area contributed by atoms with Gasteiger partial charge in [0.1, 0.15) is 0 Å². The molecule has 0 aromatic rings. The number of ether oxygens (including phenoxy) is 1. The lowest BCUT2D eigenvalue weighted by Gasteiger charge is -2.34. The predicted octanol–water partition coefficient (Wildman–Crippen LogP) is 0.211. The second-order valence-corrected chi connectivity index (χ2v) is 4.96. The quantitative estimate of drug-likeness (QED) is 0.516. The van der Waals surface area contributed by atoms with Crippen LogP contribution in [0.15, 0.2) is 0 Å². The topological polar surface area (TPSA) is 65.6 Å². The van der Waals surface area contributed by atoms with Gasteiger partial charge in [0.05, 0.1) is 18.5 Å². The number of amidine groups is 1. The summed E-state index contributed by atoms with van der Waals surface area (Å²) in [7, 11) is 2.13. The number of nitrogens with one attached hydrogen (secondary N) is 1. The summed E-state index contributed by atoms with van der Waals surface area (Å²) in [5.74, 6) is 0.390. The molecule has 0 aliphatic carbocycles. The van der Waals surface area contributed by atoms with Crippen LogP contribution in [0.5, 0.6) is 0 Å². The van der Waals surface area contributed by atoms with Crippen LogP contribution < -0.4 is 5.73 Å². The van der Waals surface area contributed by atoms with Crippen molar-refractivity contribution in [3.63, 3.8) is 0 Å². The Hall–Kier alpha value is -0.650. The van der Waals surface area contributed by atoms with Gasteiger partial charge in [0.15, 0.2) is 0 Å². The molecular weight excluding hydrogens is 216 g/mol. The van der Waals surface area contributed by atoms with E-state index in [4.69, 9.17) is 15.9 Å². The Morgan fingerprint density at radius 1 is 1.65 bits per heavy atom. The average Bonchev–Trinajstić information content (AvgIpc) is 2.27. The van der Waals surface area contributed by atoms with E-state index in [9.17, 15) is 0 Å². The molecule has 0 aromatic carbocycles. The second kappa shape index (κ2) is 6.93. The van der Waals surface area contributed by atoms with E-state index in [0.29, 0.717) is 0 Å². The number of likely N-dealkylation sites (N-methyl/N-ethyl adjacent to an activating group) is 2. The first-order valence-corrected chi connectivity index (χ1v) is 6.39. The first kappa shape index (κ1) is 14.4. The van der Waals surface area contributed by atoms with Crippen molar-refractivity contribution in [2.45, 2.75) is 20.0 Å².